The van der Waals surface area contributed by atoms with E-state index in [9.17, 15) is 9.90 Å². The SMILES string of the molecule is COc1ccc(Cl)cc1-c1cc(-c2nnc(C)o2)ccc1C(=O)O. The third kappa shape index (κ3) is 2.96. The smallest absolute Gasteiger partial charge is 0.336 e. The summed E-state index contributed by atoms with van der Waals surface area (Å²) in [5.41, 5.74) is 1.75. The molecule has 6 nitrogen and oxygen atoms in total. The standard InChI is InChI=1S/C17H13ClN2O4/c1-9-19-20-16(24-9)10-3-5-12(17(21)22)13(7-10)14-8-11(18)4-6-15(14)23-2/h3-8H,1-2H3,(H,21,22). The summed E-state index contributed by atoms with van der Waals surface area (Å²) in [6, 6.07) is 9.81. The van der Waals surface area contributed by atoms with E-state index in [0.29, 0.717) is 39.2 Å². The lowest BCUT2D eigenvalue weighted by atomic mass is 9.96. The van der Waals surface area contributed by atoms with E-state index in [2.05, 4.69) is 10.2 Å². The second-order valence-electron chi connectivity index (χ2n) is 5.04. The molecule has 0 aliphatic rings. The number of hydrogen-bond acceptors (Lipinski definition) is 5. The minimum atomic E-state index is -1.06. The van der Waals surface area contributed by atoms with Crippen LogP contribution in [0.4, 0.5) is 0 Å². The van der Waals surface area contributed by atoms with E-state index in [1.165, 1.54) is 13.2 Å². The molecule has 2 aromatic carbocycles. The first kappa shape index (κ1) is 16.0. The molecule has 0 fully saturated rings. The first-order valence-corrected chi connectivity index (χ1v) is 7.39. The summed E-state index contributed by atoms with van der Waals surface area (Å²) in [5, 5.41) is 17.7. The zero-order valence-electron chi connectivity index (χ0n) is 12.9. The highest BCUT2D eigenvalue weighted by molar-refractivity contribution is 6.31. The second-order valence-corrected chi connectivity index (χ2v) is 5.47. The monoisotopic (exact) mass is 344 g/mol. The highest BCUT2D eigenvalue weighted by Gasteiger charge is 2.18. The zero-order chi connectivity index (χ0) is 17.3. The molecule has 0 saturated carbocycles. The molecule has 0 unspecified atom stereocenters. The van der Waals surface area contributed by atoms with Crippen LogP contribution in [-0.4, -0.2) is 28.4 Å². The summed E-state index contributed by atoms with van der Waals surface area (Å²) in [4.78, 5) is 11.6. The first-order valence-electron chi connectivity index (χ1n) is 7.01. The van der Waals surface area contributed by atoms with Gasteiger partial charge in [0.1, 0.15) is 5.75 Å². The summed E-state index contributed by atoms with van der Waals surface area (Å²) in [7, 11) is 1.51. The largest absolute Gasteiger partial charge is 0.496 e. The van der Waals surface area contributed by atoms with Gasteiger partial charge in [-0.2, -0.15) is 0 Å². The summed E-state index contributed by atoms with van der Waals surface area (Å²) in [5.74, 6) is 0.196. The van der Waals surface area contributed by atoms with Gasteiger partial charge in [0.2, 0.25) is 11.8 Å². The van der Waals surface area contributed by atoms with Gasteiger partial charge in [-0.1, -0.05) is 11.6 Å². The fourth-order valence-corrected chi connectivity index (χ4v) is 2.56. The van der Waals surface area contributed by atoms with Crippen molar-refractivity contribution in [3.63, 3.8) is 0 Å². The molecule has 0 saturated heterocycles. The number of aromatic carboxylic acids is 1. The molecule has 0 spiro atoms. The van der Waals surface area contributed by atoms with Gasteiger partial charge in [-0.25, -0.2) is 4.79 Å². The Kier molecular flexibility index (Phi) is 4.22. The number of benzene rings is 2. The fourth-order valence-electron chi connectivity index (χ4n) is 2.39. The number of carboxylic acid groups (broad SMARTS) is 1. The number of methoxy groups -OCH3 is 1. The molecule has 0 atom stereocenters. The maximum Gasteiger partial charge on any atom is 0.336 e. The average molecular weight is 345 g/mol. The van der Waals surface area contributed by atoms with Crippen LogP contribution in [0, 0.1) is 6.92 Å². The van der Waals surface area contributed by atoms with Gasteiger partial charge in [0, 0.05) is 28.6 Å². The van der Waals surface area contributed by atoms with Crippen molar-refractivity contribution in [3.05, 3.63) is 52.9 Å². The van der Waals surface area contributed by atoms with E-state index in [1.807, 2.05) is 0 Å². The second kappa shape index (κ2) is 6.33. The van der Waals surface area contributed by atoms with Crippen LogP contribution in [0.3, 0.4) is 0 Å². The van der Waals surface area contributed by atoms with Gasteiger partial charge in [0.25, 0.3) is 0 Å². The molecule has 1 heterocycles. The van der Waals surface area contributed by atoms with E-state index >= 15 is 0 Å². The average Bonchev–Trinajstić information content (AvgIpc) is 3.00. The Hall–Kier alpha value is -2.86. The lowest BCUT2D eigenvalue weighted by molar-refractivity contribution is 0.0697. The Morgan fingerprint density at radius 3 is 2.58 bits per heavy atom. The van der Waals surface area contributed by atoms with Crippen LogP contribution >= 0.6 is 11.6 Å². The van der Waals surface area contributed by atoms with Crippen molar-refractivity contribution in [3.8, 4) is 28.3 Å². The van der Waals surface area contributed by atoms with E-state index in [0.717, 1.165) is 0 Å². The Bertz CT molecular complexity index is 921. The number of rotatable bonds is 4. The molecule has 0 aliphatic heterocycles. The molecule has 0 amide bonds. The van der Waals surface area contributed by atoms with Gasteiger partial charge in [-0.3, -0.25) is 0 Å². The third-order valence-electron chi connectivity index (χ3n) is 3.47. The maximum atomic E-state index is 11.6. The summed E-state index contributed by atoms with van der Waals surface area (Å²) in [6.07, 6.45) is 0. The van der Waals surface area contributed by atoms with E-state index in [1.54, 1.807) is 37.3 Å². The molecule has 0 bridgehead atoms. The van der Waals surface area contributed by atoms with Crippen LogP contribution in [-0.2, 0) is 0 Å². The maximum absolute atomic E-state index is 11.6. The highest BCUT2D eigenvalue weighted by Crippen LogP contribution is 2.36. The van der Waals surface area contributed by atoms with Crippen molar-refractivity contribution < 1.29 is 19.1 Å². The molecular weight excluding hydrogens is 332 g/mol. The molecule has 3 aromatic rings. The van der Waals surface area contributed by atoms with Crippen molar-refractivity contribution in [2.75, 3.05) is 7.11 Å². The normalized spacial score (nSPS) is 10.6. The number of carbonyl (C=O) groups is 1. The van der Waals surface area contributed by atoms with Crippen molar-refractivity contribution >= 4 is 17.6 Å². The van der Waals surface area contributed by atoms with E-state index in [4.69, 9.17) is 20.8 Å². The van der Waals surface area contributed by atoms with Crippen LogP contribution in [0.15, 0.2) is 40.8 Å². The molecule has 0 aliphatic carbocycles. The third-order valence-corrected chi connectivity index (χ3v) is 3.71. The molecule has 1 N–H and O–H groups in total. The van der Waals surface area contributed by atoms with Crippen LogP contribution < -0.4 is 4.74 Å². The van der Waals surface area contributed by atoms with Crippen LogP contribution in [0.2, 0.25) is 5.02 Å². The van der Waals surface area contributed by atoms with Crippen LogP contribution in [0.5, 0.6) is 5.75 Å². The van der Waals surface area contributed by atoms with Crippen molar-refractivity contribution in [2.24, 2.45) is 0 Å². The minimum absolute atomic E-state index is 0.121. The molecule has 7 heteroatoms. The molecule has 3 rings (SSSR count). The lowest BCUT2D eigenvalue weighted by Crippen LogP contribution is -2.01. The van der Waals surface area contributed by atoms with Gasteiger partial charge in [-0.05, 0) is 36.4 Å². The number of halogens is 1. The molecular formula is C17H13ClN2O4. The number of carboxylic acids is 1. The number of aromatic nitrogens is 2. The topological polar surface area (TPSA) is 85.5 Å². The summed E-state index contributed by atoms with van der Waals surface area (Å²) in [6.45, 7) is 1.68. The number of aryl methyl sites for hydroxylation is 1. The summed E-state index contributed by atoms with van der Waals surface area (Å²) < 4.78 is 10.8. The predicted octanol–water partition coefficient (Wildman–Crippen LogP) is 4.07. The minimum Gasteiger partial charge on any atom is -0.496 e. The highest BCUT2D eigenvalue weighted by atomic mass is 35.5. The predicted molar refractivity (Wildman–Crippen MR) is 88.4 cm³/mol. The number of nitrogens with zero attached hydrogens (tertiary/aromatic N) is 2. The molecule has 24 heavy (non-hydrogen) atoms. The van der Waals surface area contributed by atoms with Crippen molar-refractivity contribution in [1.29, 1.82) is 0 Å². The van der Waals surface area contributed by atoms with E-state index < -0.39 is 5.97 Å². The Morgan fingerprint density at radius 1 is 1.17 bits per heavy atom. The Balaban J connectivity index is 2.25. The fraction of sp³-hybridized carbons (Fsp3) is 0.118. The van der Waals surface area contributed by atoms with Gasteiger partial charge < -0.3 is 14.3 Å². The van der Waals surface area contributed by atoms with Gasteiger partial charge in [-0.15, -0.1) is 10.2 Å². The van der Waals surface area contributed by atoms with Crippen LogP contribution in [0.25, 0.3) is 22.6 Å². The Morgan fingerprint density at radius 2 is 1.96 bits per heavy atom. The molecule has 0 radical (unpaired) electrons. The summed E-state index contributed by atoms with van der Waals surface area (Å²) >= 11 is 6.07. The van der Waals surface area contributed by atoms with Gasteiger partial charge >= 0.3 is 5.97 Å². The van der Waals surface area contributed by atoms with Gasteiger partial charge in [0.15, 0.2) is 0 Å². The zero-order valence-corrected chi connectivity index (χ0v) is 13.7. The quantitative estimate of drug-likeness (QED) is 0.767. The lowest BCUT2D eigenvalue weighted by Gasteiger charge is -2.12. The molecule has 1 aromatic heterocycles. The number of ether oxygens (including phenoxy) is 1. The first-order chi connectivity index (χ1) is 11.5. The Labute approximate surface area is 142 Å². The van der Waals surface area contributed by atoms with Crippen molar-refractivity contribution in [1.82, 2.24) is 10.2 Å². The van der Waals surface area contributed by atoms with Crippen molar-refractivity contribution in [2.45, 2.75) is 6.92 Å². The van der Waals surface area contributed by atoms with Crippen LogP contribution in [0.1, 0.15) is 16.2 Å². The van der Waals surface area contributed by atoms with Gasteiger partial charge in [0.05, 0.1) is 12.7 Å². The van der Waals surface area contributed by atoms with E-state index in [-0.39, 0.29) is 5.56 Å². The number of hydrogen-bond donors (Lipinski definition) is 1. The molecule has 122 valence electrons.